The van der Waals surface area contributed by atoms with E-state index in [0.717, 1.165) is 4.90 Å². The molecule has 27 heavy (non-hydrogen) atoms. The zero-order valence-corrected chi connectivity index (χ0v) is 15.1. The maximum atomic E-state index is 13.0. The minimum absolute atomic E-state index is 0.132. The third kappa shape index (κ3) is 4.19. The molecular weight excluding hydrogens is 375 g/mol. The minimum Gasteiger partial charge on any atom is -0.480 e. The number of carbonyl (C=O) groups is 4. The van der Waals surface area contributed by atoms with Crippen LogP contribution >= 0.6 is 11.8 Å². The summed E-state index contributed by atoms with van der Waals surface area (Å²) in [5.74, 6) is -2.69. The lowest BCUT2D eigenvalue weighted by Crippen LogP contribution is -2.51. The van der Waals surface area contributed by atoms with Gasteiger partial charge in [0.2, 0.25) is 5.91 Å². The first kappa shape index (κ1) is 19.1. The van der Waals surface area contributed by atoms with Gasteiger partial charge in [-0.1, -0.05) is 12.1 Å². The Hall–Kier alpha value is -2.68. The Labute approximate surface area is 158 Å². The van der Waals surface area contributed by atoms with Crippen LogP contribution in [0, 0.1) is 5.82 Å². The Bertz CT molecular complexity index is 824. The van der Waals surface area contributed by atoms with E-state index in [1.54, 1.807) is 0 Å². The smallest absolute Gasteiger partial charge is 0.326 e. The molecule has 1 N–H and O–H groups in total. The summed E-state index contributed by atoms with van der Waals surface area (Å²) in [7, 11) is 0. The normalized spacial score (nSPS) is 21.8. The summed E-state index contributed by atoms with van der Waals surface area (Å²) in [6, 6.07) is 4.49. The predicted molar refractivity (Wildman–Crippen MR) is 96.1 cm³/mol. The SMILES string of the molecule is O=C(O)C1CCCCN1C(=O)CN1C(=O)SC(=Cc2ccc(F)cc2)C1=O. The van der Waals surface area contributed by atoms with Crippen LogP contribution in [0.25, 0.3) is 6.08 Å². The Morgan fingerprint density at radius 3 is 2.59 bits per heavy atom. The maximum Gasteiger partial charge on any atom is 0.326 e. The van der Waals surface area contributed by atoms with E-state index in [2.05, 4.69) is 0 Å². The van der Waals surface area contributed by atoms with Crippen LogP contribution in [0.4, 0.5) is 9.18 Å². The molecular formula is C18H17FN2O5S. The number of halogens is 1. The molecule has 1 aromatic carbocycles. The van der Waals surface area contributed by atoms with Gasteiger partial charge in [0.15, 0.2) is 0 Å². The van der Waals surface area contributed by atoms with E-state index in [-0.39, 0.29) is 11.4 Å². The Kier molecular flexibility index (Phi) is 5.59. The molecule has 1 aromatic rings. The van der Waals surface area contributed by atoms with E-state index < -0.39 is 41.4 Å². The minimum atomic E-state index is -1.09. The fourth-order valence-corrected chi connectivity index (χ4v) is 3.90. The quantitative estimate of drug-likeness (QED) is 0.791. The van der Waals surface area contributed by atoms with Crippen molar-refractivity contribution in [3.05, 3.63) is 40.6 Å². The van der Waals surface area contributed by atoms with E-state index >= 15 is 0 Å². The second-order valence-electron chi connectivity index (χ2n) is 6.26. The number of likely N-dealkylation sites (tertiary alicyclic amines) is 1. The van der Waals surface area contributed by atoms with Gasteiger partial charge in [0.05, 0.1) is 4.91 Å². The van der Waals surface area contributed by atoms with Crippen LogP contribution in [-0.2, 0) is 14.4 Å². The molecule has 7 nitrogen and oxygen atoms in total. The van der Waals surface area contributed by atoms with Crippen LogP contribution in [0.1, 0.15) is 24.8 Å². The average molecular weight is 392 g/mol. The lowest BCUT2D eigenvalue weighted by Gasteiger charge is -2.33. The van der Waals surface area contributed by atoms with Crippen molar-refractivity contribution >= 4 is 40.9 Å². The Balaban J connectivity index is 1.72. The number of rotatable bonds is 4. The Morgan fingerprint density at radius 2 is 1.93 bits per heavy atom. The van der Waals surface area contributed by atoms with Crippen LogP contribution in [-0.4, -0.2) is 57.1 Å². The first-order valence-electron chi connectivity index (χ1n) is 8.40. The Morgan fingerprint density at radius 1 is 1.22 bits per heavy atom. The predicted octanol–water partition coefficient (Wildman–Crippen LogP) is 2.33. The number of aliphatic carboxylic acids is 1. The van der Waals surface area contributed by atoms with Crippen LogP contribution in [0.15, 0.2) is 29.2 Å². The zero-order valence-electron chi connectivity index (χ0n) is 14.3. The largest absolute Gasteiger partial charge is 0.480 e. The van der Waals surface area contributed by atoms with Crippen LogP contribution in [0.5, 0.6) is 0 Å². The summed E-state index contributed by atoms with van der Waals surface area (Å²) in [6.07, 6.45) is 3.20. The number of carboxylic acids is 1. The number of imide groups is 1. The first-order valence-corrected chi connectivity index (χ1v) is 9.21. The highest BCUT2D eigenvalue weighted by atomic mass is 32.2. The van der Waals surface area contributed by atoms with Crippen molar-refractivity contribution in [2.45, 2.75) is 25.3 Å². The van der Waals surface area contributed by atoms with Gasteiger partial charge in [0.1, 0.15) is 18.4 Å². The second kappa shape index (κ2) is 7.91. The topological polar surface area (TPSA) is 95.0 Å². The number of thioether (sulfide) groups is 1. The van der Waals surface area contributed by atoms with Gasteiger partial charge < -0.3 is 10.0 Å². The molecule has 9 heteroatoms. The molecule has 0 spiro atoms. The highest BCUT2D eigenvalue weighted by molar-refractivity contribution is 8.18. The second-order valence-corrected chi connectivity index (χ2v) is 7.25. The van der Waals surface area contributed by atoms with Crippen LogP contribution in [0.2, 0.25) is 0 Å². The van der Waals surface area contributed by atoms with Gasteiger partial charge in [-0.15, -0.1) is 0 Å². The van der Waals surface area contributed by atoms with Crippen molar-refractivity contribution in [2.75, 3.05) is 13.1 Å². The molecule has 3 rings (SSSR count). The molecule has 2 fully saturated rings. The van der Waals surface area contributed by atoms with Crippen molar-refractivity contribution in [1.29, 1.82) is 0 Å². The molecule has 2 saturated heterocycles. The molecule has 0 bridgehead atoms. The molecule has 0 radical (unpaired) electrons. The van der Waals surface area contributed by atoms with Crippen LogP contribution in [0.3, 0.4) is 0 Å². The number of benzene rings is 1. The molecule has 2 aliphatic heterocycles. The first-order chi connectivity index (χ1) is 12.9. The van der Waals surface area contributed by atoms with Gasteiger partial charge in [-0.05, 0) is 54.8 Å². The fourth-order valence-electron chi connectivity index (χ4n) is 3.06. The average Bonchev–Trinajstić information content (AvgIpc) is 2.91. The molecule has 2 heterocycles. The molecule has 1 atom stereocenters. The third-order valence-corrected chi connectivity index (χ3v) is 5.35. The van der Waals surface area contributed by atoms with E-state index in [1.165, 1.54) is 35.2 Å². The van der Waals surface area contributed by atoms with Crippen molar-refractivity contribution in [1.82, 2.24) is 9.80 Å². The molecule has 2 aliphatic rings. The molecule has 0 saturated carbocycles. The van der Waals surface area contributed by atoms with Gasteiger partial charge in [-0.25, -0.2) is 9.18 Å². The van der Waals surface area contributed by atoms with Gasteiger partial charge in [0.25, 0.3) is 11.1 Å². The van der Waals surface area contributed by atoms with Crippen molar-refractivity contribution in [3.8, 4) is 0 Å². The number of hydrogen-bond donors (Lipinski definition) is 1. The molecule has 3 amide bonds. The van der Waals surface area contributed by atoms with Gasteiger partial charge in [0, 0.05) is 6.54 Å². The summed E-state index contributed by atoms with van der Waals surface area (Å²) in [5, 5.41) is 8.67. The number of carbonyl (C=O) groups excluding carboxylic acids is 3. The van der Waals surface area contributed by atoms with E-state index in [1.807, 2.05) is 0 Å². The lowest BCUT2D eigenvalue weighted by atomic mass is 10.0. The number of piperidine rings is 1. The van der Waals surface area contributed by atoms with Crippen LogP contribution < -0.4 is 0 Å². The van der Waals surface area contributed by atoms with E-state index in [4.69, 9.17) is 0 Å². The van der Waals surface area contributed by atoms with Crippen molar-refractivity contribution < 1.29 is 28.7 Å². The maximum absolute atomic E-state index is 13.0. The summed E-state index contributed by atoms with van der Waals surface area (Å²) in [6.45, 7) is -0.202. The summed E-state index contributed by atoms with van der Waals surface area (Å²) in [5.41, 5.74) is 0.551. The molecule has 0 aliphatic carbocycles. The van der Waals surface area contributed by atoms with Crippen molar-refractivity contribution in [2.24, 2.45) is 0 Å². The standard InChI is InChI=1S/C18H17FN2O5S/c19-12-6-4-11(5-7-12)9-14-16(23)21(18(26)27-14)10-15(22)20-8-2-1-3-13(20)17(24)25/h4-7,9,13H,1-3,8,10H2,(H,24,25). The van der Waals surface area contributed by atoms with E-state index in [9.17, 15) is 28.7 Å². The number of carboxylic acid groups (broad SMARTS) is 1. The molecule has 142 valence electrons. The highest BCUT2D eigenvalue weighted by Crippen LogP contribution is 2.32. The lowest BCUT2D eigenvalue weighted by molar-refractivity contribution is -0.152. The zero-order chi connectivity index (χ0) is 19.6. The van der Waals surface area contributed by atoms with Crippen molar-refractivity contribution in [3.63, 3.8) is 0 Å². The van der Waals surface area contributed by atoms with Gasteiger partial charge in [-0.2, -0.15) is 0 Å². The summed E-state index contributed by atoms with van der Waals surface area (Å²) in [4.78, 5) is 50.6. The fraction of sp³-hybridized carbons (Fsp3) is 0.333. The monoisotopic (exact) mass is 392 g/mol. The summed E-state index contributed by atoms with van der Waals surface area (Å²) >= 11 is 0.694. The number of amides is 3. The van der Waals surface area contributed by atoms with Gasteiger partial charge in [-0.3, -0.25) is 19.3 Å². The third-order valence-electron chi connectivity index (χ3n) is 4.44. The number of nitrogens with zero attached hydrogens (tertiary/aromatic N) is 2. The highest BCUT2D eigenvalue weighted by Gasteiger charge is 2.39. The summed E-state index contributed by atoms with van der Waals surface area (Å²) < 4.78 is 13.0. The number of hydrogen-bond acceptors (Lipinski definition) is 5. The molecule has 1 unspecified atom stereocenters. The van der Waals surface area contributed by atoms with Gasteiger partial charge >= 0.3 is 5.97 Å². The molecule has 0 aromatic heterocycles. The van der Waals surface area contributed by atoms with E-state index in [0.29, 0.717) is 36.6 Å².